The van der Waals surface area contributed by atoms with Gasteiger partial charge in [-0.2, -0.15) is 0 Å². The molecule has 1 heterocycles. The van der Waals surface area contributed by atoms with Gasteiger partial charge >= 0.3 is 0 Å². The lowest BCUT2D eigenvalue weighted by molar-refractivity contribution is -0.384. The predicted molar refractivity (Wildman–Crippen MR) is 119 cm³/mol. The Balaban J connectivity index is 1.43. The van der Waals surface area contributed by atoms with Gasteiger partial charge in [-0.25, -0.2) is 0 Å². The molecule has 0 saturated heterocycles. The highest BCUT2D eigenvalue weighted by atomic mass is 32.1. The topological polar surface area (TPSA) is 116 Å². The van der Waals surface area contributed by atoms with Gasteiger partial charge < -0.3 is 9.47 Å². The summed E-state index contributed by atoms with van der Waals surface area (Å²) in [7, 11) is 1.50. The number of nitrogens with zero attached hydrogens (tertiary/aromatic N) is 3. The van der Waals surface area contributed by atoms with E-state index in [2.05, 4.69) is 15.5 Å². The van der Waals surface area contributed by atoms with Gasteiger partial charge in [0.25, 0.3) is 11.6 Å². The van der Waals surface area contributed by atoms with Gasteiger partial charge in [0, 0.05) is 17.7 Å². The van der Waals surface area contributed by atoms with Gasteiger partial charge in [-0.1, -0.05) is 23.5 Å². The first-order chi connectivity index (χ1) is 15.5. The smallest absolute Gasteiger partial charge is 0.269 e. The molecule has 0 atom stereocenters. The van der Waals surface area contributed by atoms with Crippen molar-refractivity contribution in [3.8, 4) is 27.8 Å². The number of anilines is 1. The second-order valence-corrected chi connectivity index (χ2v) is 7.42. The van der Waals surface area contributed by atoms with Crippen LogP contribution in [0.5, 0.6) is 17.2 Å². The van der Waals surface area contributed by atoms with Crippen LogP contribution in [-0.2, 0) is 0 Å². The number of carbonyl (C=O) groups is 1. The Bertz CT molecular complexity index is 1260. The molecule has 4 rings (SSSR count). The lowest BCUT2D eigenvalue weighted by atomic mass is 10.2. The van der Waals surface area contributed by atoms with Crippen LogP contribution < -0.4 is 14.8 Å². The average molecular weight is 448 g/mol. The van der Waals surface area contributed by atoms with Gasteiger partial charge in [0.05, 0.1) is 17.6 Å². The third kappa shape index (κ3) is 4.71. The molecule has 1 aromatic heterocycles. The molecule has 0 fully saturated rings. The van der Waals surface area contributed by atoms with Crippen molar-refractivity contribution in [2.75, 3.05) is 12.4 Å². The maximum atomic E-state index is 12.5. The molecular weight excluding hydrogens is 432 g/mol. The number of benzene rings is 3. The fourth-order valence-corrected chi connectivity index (χ4v) is 3.57. The van der Waals surface area contributed by atoms with Crippen molar-refractivity contribution in [1.29, 1.82) is 0 Å². The number of aromatic nitrogens is 2. The molecule has 0 saturated carbocycles. The molecule has 0 bridgehead atoms. The fraction of sp³-hybridized carbons (Fsp3) is 0.0455. The zero-order valence-corrected chi connectivity index (χ0v) is 17.5. The normalized spacial score (nSPS) is 10.4. The first-order valence-corrected chi connectivity index (χ1v) is 10.2. The van der Waals surface area contributed by atoms with Crippen LogP contribution in [0.25, 0.3) is 10.6 Å². The number of nitro groups is 1. The van der Waals surface area contributed by atoms with Crippen LogP contribution in [0.1, 0.15) is 10.4 Å². The van der Waals surface area contributed by atoms with E-state index in [1.54, 1.807) is 36.4 Å². The van der Waals surface area contributed by atoms with Crippen LogP contribution in [-0.4, -0.2) is 28.1 Å². The van der Waals surface area contributed by atoms with E-state index in [0.717, 1.165) is 5.56 Å². The molecule has 0 spiro atoms. The third-order valence-corrected chi connectivity index (χ3v) is 5.27. The number of para-hydroxylation sites is 1. The molecule has 160 valence electrons. The zero-order chi connectivity index (χ0) is 22.5. The van der Waals surface area contributed by atoms with E-state index in [1.807, 2.05) is 12.1 Å². The Hall–Kier alpha value is -4.31. The molecule has 9 nitrogen and oxygen atoms in total. The van der Waals surface area contributed by atoms with Gasteiger partial charge in [-0.3, -0.25) is 20.2 Å². The Morgan fingerprint density at radius 1 is 0.969 bits per heavy atom. The molecule has 1 N–H and O–H groups in total. The van der Waals surface area contributed by atoms with E-state index in [-0.39, 0.29) is 11.6 Å². The summed E-state index contributed by atoms with van der Waals surface area (Å²) in [5.74, 6) is 1.19. The van der Waals surface area contributed by atoms with Crippen LogP contribution in [0.4, 0.5) is 10.8 Å². The van der Waals surface area contributed by atoms with Crippen LogP contribution in [0, 0.1) is 10.1 Å². The number of rotatable bonds is 7. The monoisotopic (exact) mass is 448 g/mol. The number of non-ortho nitro benzene ring substituents is 1. The summed E-state index contributed by atoms with van der Waals surface area (Å²) in [6.07, 6.45) is 0. The number of hydrogen-bond acceptors (Lipinski definition) is 8. The molecule has 3 aromatic carbocycles. The first kappa shape index (κ1) is 20.9. The molecular formula is C22H16N4O5S. The number of ether oxygens (including phenoxy) is 2. The Kier molecular flexibility index (Phi) is 6.04. The van der Waals surface area contributed by atoms with Crippen molar-refractivity contribution >= 4 is 28.1 Å². The molecule has 1 amide bonds. The maximum absolute atomic E-state index is 12.5. The highest BCUT2D eigenvalue weighted by Gasteiger charge is 2.15. The molecule has 0 aliphatic rings. The molecule has 32 heavy (non-hydrogen) atoms. The third-order valence-electron chi connectivity index (χ3n) is 4.38. The van der Waals surface area contributed by atoms with Crippen molar-refractivity contribution in [2.45, 2.75) is 0 Å². The number of nitro benzene ring substituents is 1. The lowest BCUT2D eigenvalue weighted by Crippen LogP contribution is -2.12. The molecule has 4 aromatic rings. The van der Waals surface area contributed by atoms with E-state index in [1.165, 1.54) is 42.7 Å². The lowest BCUT2D eigenvalue weighted by Gasteiger charge is -2.06. The van der Waals surface area contributed by atoms with Crippen molar-refractivity contribution in [3.63, 3.8) is 0 Å². The standard InChI is InChI=1S/C22H16N4O5S/c1-30-19-5-3-2-4-18(19)20(27)23-22-25-24-21(32-22)14-6-10-16(11-7-14)31-17-12-8-15(9-13-17)26(28)29/h2-13H,1H3,(H,23,25,27). The van der Waals surface area contributed by atoms with Gasteiger partial charge in [-0.05, 0) is 48.5 Å². The fourth-order valence-electron chi connectivity index (χ4n) is 2.82. The summed E-state index contributed by atoms with van der Waals surface area (Å²) in [6.45, 7) is 0. The summed E-state index contributed by atoms with van der Waals surface area (Å²) >= 11 is 1.24. The van der Waals surface area contributed by atoms with Crippen molar-refractivity contribution < 1.29 is 19.2 Å². The summed E-state index contributed by atoms with van der Waals surface area (Å²) in [5.41, 5.74) is 1.20. The molecule has 0 unspecified atom stereocenters. The second-order valence-electron chi connectivity index (χ2n) is 6.44. The molecule has 0 aliphatic carbocycles. The van der Waals surface area contributed by atoms with Gasteiger partial charge in [0.1, 0.15) is 22.3 Å². The quantitative estimate of drug-likeness (QED) is 0.306. The molecule has 0 radical (unpaired) electrons. The Labute approximate surface area is 186 Å². The van der Waals surface area contributed by atoms with Crippen LogP contribution in [0.15, 0.2) is 72.8 Å². The zero-order valence-electron chi connectivity index (χ0n) is 16.7. The SMILES string of the molecule is COc1ccccc1C(=O)Nc1nnc(-c2ccc(Oc3ccc([N+](=O)[O-])cc3)cc2)s1. The van der Waals surface area contributed by atoms with Crippen LogP contribution >= 0.6 is 11.3 Å². The summed E-state index contributed by atoms with van der Waals surface area (Å²) in [4.78, 5) is 22.8. The average Bonchev–Trinajstić information content (AvgIpc) is 3.28. The summed E-state index contributed by atoms with van der Waals surface area (Å²) < 4.78 is 10.9. The van der Waals surface area contributed by atoms with Gasteiger partial charge in [0.15, 0.2) is 0 Å². The van der Waals surface area contributed by atoms with E-state index < -0.39 is 4.92 Å². The van der Waals surface area contributed by atoms with Crippen LogP contribution in [0.3, 0.4) is 0 Å². The van der Waals surface area contributed by atoms with E-state index in [9.17, 15) is 14.9 Å². The summed E-state index contributed by atoms with van der Waals surface area (Å²) in [6, 6.07) is 19.9. The van der Waals surface area contributed by atoms with Crippen molar-refractivity contribution in [1.82, 2.24) is 10.2 Å². The van der Waals surface area contributed by atoms with Crippen molar-refractivity contribution in [2.24, 2.45) is 0 Å². The number of hydrogen-bond donors (Lipinski definition) is 1. The second kappa shape index (κ2) is 9.23. The highest BCUT2D eigenvalue weighted by molar-refractivity contribution is 7.18. The minimum absolute atomic E-state index is 0.00225. The maximum Gasteiger partial charge on any atom is 0.269 e. The Morgan fingerprint density at radius 2 is 1.62 bits per heavy atom. The number of amides is 1. The minimum Gasteiger partial charge on any atom is -0.496 e. The van der Waals surface area contributed by atoms with Gasteiger partial charge in [-0.15, -0.1) is 10.2 Å². The molecule has 0 aliphatic heterocycles. The van der Waals surface area contributed by atoms with E-state index >= 15 is 0 Å². The number of carbonyl (C=O) groups excluding carboxylic acids is 1. The minimum atomic E-state index is -0.465. The van der Waals surface area contributed by atoms with E-state index in [4.69, 9.17) is 9.47 Å². The highest BCUT2D eigenvalue weighted by Crippen LogP contribution is 2.30. The largest absolute Gasteiger partial charge is 0.496 e. The first-order valence-electron chi connectivity index (χ1n) is 9.34. The number of methoxy groups -OCH3 is 1. The predicted octanol–water partition coefficient (Wildman–Crippen LogP) is 5.17. The molecule has 10 heteroatoms. The summed E-state index contributed by atoms with van der Waals surface area (Å²) in [5, 5.41) is 22.6. The van der Waals surface area contributed by atoms with Crippen LogP contribution in [0.2, 0.25) is 0 Å². The number of nitrogens with one attached hydrogen (secondary N) is 1. The van der Waals surface area contributed by atoms with E-state index in [0.29, 0.717) is 33.0 Å². The van der Waals surface area contributed by atoms with Gasteiger partial charge in [0.2, 0.25) is 5.13 Å². The van der Waals surface area contributed by atoms with Crippen molar-refractivity contribution in [3.05, 3.63) is 88.5 Å². The Morgan fingerprint density at radius 3 is 2.28 bits per heavy atom.